The van der Waals surface area contributed by atoms with Gasteiger partial charge < -0.3 is 14.8 Å². The normalized spacial score (nSPS) is 11.4. The summed E-state index contributed by atoms with van der Waals surface area (Å²) in [6.45, 7) is -1.36. The second-order valence-electron chi connectivity index (χ2n) is 4.14. The molecule has 7 heteroatoms. The van der Waals surface area contributed by atoms with Crippen LogP contribution >= 0.6 is 0 Å². The van der Waals surface area contributed by atoms with Crippen molar-refractivity contribution in [2.45, 2.75) is 19.3 Å². The monoisotopic (exact) mass is 291 g/mol. The van der Waals surface area contributed by atoms with Gasteiger partial charge in [-0.2, -0.15) is 13.2 Å². The van der Waals surface area contributed by atoms with E-state index in [1.54, 1.807) is 13.2 Å². The van der Waals surface area contributed by atoms with Crippen molar-refractivity contribution >= 4 is 5.91 Å². The molecule has 0 bridgehead atoms. The molecule has 0 radical (unpaired) electrons. The molecular weight excluding hydrogens is 275 g/mol. The number of halogens is 3. The van der Waals surface area contributed by atoms with E-state index >= 15 is 0 Å². The summed E-state index contributed by atoms with van der Waals surface area (Å²) in [4.78, 5) is 11.3. The van der Waals surface area contributed by atoms with E-state index in [9.17, 15) is 18.0 Å². The first-order chi connectivity index (χ1) is 9.40. The van der Waals surface area contributed by atoms with Crippen molar-refractivity contribution in [3.05, 3.63) is 35.4 Å². The minimum Gasteiger partial charge on any atom is -0.380 e. The first-order valence-electron chi connectivity index (χ1n) is 5.88. The molecule has 0 aliphatic heterocycles. The minimum atomic E-state index is -4.42. The van der Waals surface area contributed by atoms with Crippen LogP contribution < -0.4 is 5.32 Å². The van der Waals surface area contributed by atoms with Crippen molar-refractivity contribution in [1.82, 2.24) is 5.32 Å². The van der Waals surface area contributed by atoms with Gasteiger partial charge in [0.1, 0.15) is 13.2 Å². The average molecular weight is 291 g/mol. The Labute approximate surface area is 114 Å². The van der Waals surface area contributed by atoms with E-state index in [0.717, 1.165) is 11.1 Å². The highest BCUT2D eigenvalue weighted by molar-refractivity contribution is 5.77. The molecule has 1 aromatic carbocycles. The molecule has 0 spiro atoms. The lowest BCUT2D eigenvalue weighted by molar-refractivity contribution is -0.175. The summed E-state index contributed by atoms with van der Waals surface area (Å²) in [5, 5.41) is 2.48. The number of hydrogen-bond donors (Lipinski definition) is 1. The standard InChI is InChI=1S/C13H16F3NO3/c1-19-7-11-4-2-3-10(5-11)6-17-12(18)8-20-9-13(14,15)16/h2-5H,6-9H2,1H3,(H,17,18). The van der Waals surface area contributed by atoms with Crippen LogP contribution in [0.15, 0.2) is 24.3 Å². The van der Waals surface area contributed by atoms with Crippen LogP contribution in [0, 0.1) is 0 Å². The Bertz CT molecular complexity index is 435. The Kier molecular flexibility index (Phi) is 6.47. The van der Waals surface area contributed by atoms with E-state index in [2.05, 4.69) is 10.1 Å². The van der Waals surface area contributed by atoms with Gasteiger partial charge in [0.2, 0.25) is 5.91 Å². The minimum absolute atomic E-state index is 0.228. The van der Waals surface area contributed by atoms with Gasteiger partial charge in [-0.25, -0.2) is 0 Å². The van der Waals surface area contributed by atoms with Crippen LogP contribution in [0.3, 0.4) is 0 Å². The fraction of sp³-hybridized carbons (Fsp3) is 0.462. The summed E-state index contributed by atoms with van der Waals surface area (Å²) in [5.74, 6) is -0.591. The van der Waals surface area contributed by atoms with Crippen LogP contribution in [0.5, 0.6) is 0 Å². The molecule has 1 aromatic rings. The summed E-state index contributed by atoms with van der Waals surface area (Å²) in [7, 11) is 1.58. The summed E-state index contributed by atoms with van der Waals surface area (Å²) in [6.07, 6.45) is -4.42. The fourth-order valence-corrected chi connectivity index (χ4v) is 1.51. The molecule has 0 saturated carbocycles. The summed E-state index contributed by atoms with van der Waals surface area (Å²) in [5.41, 5.74) is 1.79. The van der Waals surface area contributed by atoms with Crippen molar-refractivity contribution in [2.75, 3.05) is 20.3 Å². The van der Waals surface area contributed by atoms with Gasteiger partial charge in [0.05, 0.1) is 6.61 Å². The molecule has 4 nitrogen and oxygen atoms in total. The van der Waals surface area contributed by atoms with Crippen molar-refractivity contribution in [3.63, 3.8) is 0 Å². The number of nitrogens with one attached hydrogen (secondary N) is 1. The molecule has 0 aliphatic rings. The lowest BCUT2D eigenvalue weighted by Gasteiger charge is -2.09. The zero-order valence-corrected chi connectivity index (χ0v) is 11.0. The number of carbonyl (C=O) groups excluding carboxylic acids is 1. The van der Waals surface area contributed by atoms with Gasteiger partial charge in [-0.3, -0.25) is 4.79 Å². The van der Waals surface area contributed by atoms with E-state index in [-0.39, 0.29) is 6.54 Å². The molecule has 0 heterocycles. The Morgan fingerprint density at radius 3 is 2.65 bits per heavy atom. The van der Waals surface area contributed by atoms with Gasteiger partial charge in [-0.15, -0.1) is 0 Å². The van der Waals surface area contributed by atoms with Gasteiger partial charge in [-0.05, 0) is 11.1 Å². The van der Waals surface area contributed by atoms with Gasteiger partial charge in [0.25, 0.3) is 0 Å². The molecular formula is C13H16F3NO3. The first-order valence-corrected chi connectivity index (χ1v) is 5.88. The number of alkyl halides is 3. The SMILES string of the molecule is COCc1cccc(CNC(=O)COCC(F)(F)F)c1. The smallest absolute Gasteiger partial charge is 0.380 e. The number of carbonyl (C=O) groups is 1. The number of amides is 1. The zero-order valence-electron chi connectivity index (χ0n) is 11.0. The van der Waals surface area contributed by atoms with E-state index in [1.165, 1.54) is 0 Å². The topological polar surface area (TPSA) is 47.6 Å². The highest BCUT2D eigenvalue weighted by Gasteiger charge is 2.27. The summed E-state index contributed by atoms with van der Waals surface area (Å²) >= 11 is 0. The molecule has 0 aromatic heterocycles. The number of hydrogen-bond acceptors (Lipinski definition) is 3. The Balaban J connectivity index is 2.32. The summed E-state index contributed by atoms with van der Waals surface area (Å²) in [6, 6.07) is 7.34. The van der Waals surface area contributed by atoms with E-state index in [4.69, 9.17) is 4.74 Å². The van der Waals surface area contributed by atoms with Gasteiger partial charge in [0.15, 0.2) is 0 Å². The third-order valence-electron chi connectivity index (χ3n) is 2.29. The zero-order chi connectivity index (χ0) is 15.0. The fourth-order valence-electron chi connectivity index (χ4n) is 1.51. The maximum atomic E-state index is 11.8. The van der Waals surface area contributed by atoms with Crippen LogP contribution in [0.4, 0.5) is 13.2 Å². The predicted molar refractivity (Wildman–Crippen MR) is 65.9 cm³/mol. The summed E-state index contributed by atoms with van der Waals surface area (Å²) < 4.78 is 44.6. The third-order valence-corrected chi connectivity index (χ3v) is 2.29. The molecule has 1 amide bonds. The average Bonchev–Trinajstić information content (AvgIpc) is 2.36. The van der Waals surface area contributed by atoms with Crippen molar-refractivity contribution < 1.29 is 27.4 Å². The molecule has 0 aliphatic carbocycles. The molecule has 1 N–H and O–H groups in total. The van der Waals surface area contributed by atoms with Crippen LogP contribution in [-0.4, -0.2) is 32.4 Å². The molecule has 0 saturated heterocycles. The lowest BCUT2D eigenvalue weighted by atomic mass is 10.1. The second kappa shape index (κ2) is 7.86. The van der Waals surface area contributed by atoms with E-state index in [0.29, 0.717) is 6.61 Å². The number of ether oxygens (including phenoxy) is 2. The molecule has 112 valence electrons. The lowest BCUT2D eigenvalue weighted by Crippen LogP contribution is -2.29. The Morgan fingerprint density at radius 2 is 2.00 bits per heavy atom. The van der Waals surface area contributed by atoms with Gasteiger partial charge >= 0.3 is 6.18 Å². The van der Waals surface area contributed by atoms with Gasteiger partial charge in [-0.1, -0.05) is 24.3 Å². The van der Waals surface area contributed by atoms with Crippen molar-refractivity contribution in [1.29, 1.82) is 0 Å². The highest BCUT2D eigenvalue weighted by Crippen LogP contribution is 2.14. The molecule has 1 rings (SSSR count). The van der Waals surface area contributed by atoms with Crippen molar-refractivity contribution in [3.8, 4) is 0 Å². The third kappa shape index (κ3) is 7.10. The van der Waals surface area contributed by atoms with Crippen LogP contribution in [0.1, 0.15) is 11.1 Å². The molecule has 0 atom stereocenters. The van der Waals surface area contributed by atoms with Crippen molar-refractivity contribution in [2.24, 2.45) is 0 Å². The molecule has 0 fully saturated rings. The highest BCUT2D eigenvalue weighted by atomic mass is 19.4. The number of methoxy groups -OCH3 is 1. The van der Waals surface area contributed by atoms with Crippen LogP contribution in [0.25, 0.3) is 0 Å². The quantitative estimate of drug-likeness (QED) is 0.836. The van der Waals surface area contributed by atoms with Crippen LogP contribution in [-0.2, 0) is 27.4 Å². The Morgan fingerprint density at radius 1 is 1.30 bits per heavy atom. The Hall–Kier alpha value is -1.60. The number of rotatable bonds is 7. The largest absolute Gasteiger partial charge is 0.411 e. The molecule has 0 unspecified atom stereocenters. The maximum Gasteiger partial charge on any atom is 0.411 e. The van der Waals surface area contributed by atoms with Gasteiger partial charge in [0, 0.05) is 13.7 Å². The van der Waals surface area contributed by atoms with E-state index < -0.39 is 25.3 Å². The van der Waals surface area contributed by atoms with E-state index in [1.807, 2.05) is 18.2 Å². The van der Waals surface area contributed by atoms with Crippen LogP contribution in [0.2, 0.25) is 0 Å². The number of benzene rings is 1. The second-order valence-corrected chi connectivity index (χ2v) is 4.14. The first kappa shape index (κ1) is 16.5. The maximum absolute atomic E-state index is 11.8. The molecule has 20 heavy (non-hydrogen) atoms. The predicted octanol–water partition coefficient (Wildman–Crippen LogP) is 2.03.